The van der Waals surface area contributed by atoms with Gasteiger partial charge < -0.3 is 0 Å². The first-order chi connectivity index (χ1) is 7.31. The Kier molecular flexibility index (Phi) is 7.35. The summed E-state index contributed by atoms with van der Waals surface area (Å²) in [5.41, 5.74) is 0. The van der Waals surface area contributed by atoms with E-state index in [1.165, 1.54) is 12.8 Å². The molecule has 5 unspecified atom stereocenters. The van der Waals surface area contributed by atoms with Crippen LogP contribution in [0.15, 0.2) is 0 Å². The van der Waals surface area contributed by atoms with Crippen molar-refractivity contribution in [2.24, 2.45) is 35.5 Å². The van der Waals surface area contributed by atoms with Crippen LogP contribution in [0.3, 0.4) is 0 Å². The molecule has 0 aliphatic carbocycles. The minimum absolute atomic E-state index is 0.813. The van der Waals surface area contributed by atoms with Crippen LogP contribution in [-0.4, -0.2) is 0 Å². The molecule has 0 aromatic rings. The van der Waals surface area contributed by atoms with E-state index in [1.54, 1.807) is 0 Å². The molecule has 0 nitrogen and oxygen atoms in total. The van der Waals surface area contributed by atoms with Gasteiger partial charge >= 0.3 is 0 Å². The summed E-state index contributed by atoms with van der Waals surface area (Å²) in [6.07, 6.45) is 2.72. The second kappa shape index (κ2) is 7.35. The zero-order valence-corrected chi connectivity index (χ0v) is 12.9. The first kappa shape index (κ1) is 16.0. The van der Waals surface area contributed by atoms with Crippen molar-refractivity contribution in [3.63, 3.8) is 0 Å². The van der Waals surface area contributed by atoms with Crippen LogP contribution >= 0.6 is 0 Å². The Morgan fingerprint density at radius 1 is 0.688 bits per heavy atom. The molecule has 0 aliphatic rings. The van der Waals surface area contributed by atoms with Crippen molar-refractivity contribution in [1.82, 2.24) is 0 Å². The lowest BCUT2D eigenvalue weighted by Crippen LogP contribution is -2.26. The average Bonchev–Trinajstić information content (AvgIpc) is 2.25. The van der Waals surface area contributed by atoms with E-state index < -0.39 is 0 Å². The lowest BCUT2D eigenvalue weighted by atomic mass is 9.72. The molecule has 0 heteroatoms. The first-order valence-corrected chi connectivity index (χ1v) is 7.31. The summed E-state index contributed by atoms with van der Waals surface area (Å²) in [7, 11) is 0. The Bertz CT molecular complexity index is 171. The van der Waals surface area contributed by atoms with Crippen LogP contribution in [0.4, 0.5) is 0 Å². The monoisotopic (exact) mass is 226 g/mol. The Balaban J connectivity index is 4.25. The van der Waals surface area contributed by atoms with Gasteiger partial charge in [-0.15, -0.1) is 0 Å². The van der Waals surface area contributed by atoms with Gasteiger partial charge in [0.05, 0.1) is 0 Å². The minimum Gasteiger partial charge on any atom is -0.0651 e. The normalized spacial score (nSPS) is 21.6. The number of hydrogen-bond donors (Lipinski definition) is 0. The minimum atomic E-state index is 0.813. The van der Waals surface area contributed by atoms with E-state index >= 15 is 0 Å². The van der Waals surface area contributed by atoms with E-state index in [-0.39, 0.29) is 0 Å². The van der Waals surface area contributed by atoms with Gasteiger partial charge in [0.1, 0.15) is 0 Å². The predicted octanol–water partition coefficient (Wildman–Crippen LogP) is 5.62. The third-order valence-electron chi connectivity index (χ3n) is 5.08. The summed E-state index contributed by atoms with van der Waals surface area (Å²) < 4.78 is 0. The molecular formula is C16H34. The molecule has 0 spiro atoms. The summed E-state index contributed by atoms with van der Waals surface area (Å²) in [5, 5.41) is 0. The van der Waals surface area contributed by atoms with Gasteiger partial charge in [0.15, 0.2) is 0 Å². The molecule has 0 aromatic carbocycles. The van der Waals surface area contributed by atoms with E-state index in [0.717, 1.165) is 35.5 Å². The van der Waals surface area contributed by atoms with Crippen molar-refractivity contribution in [1.29, 1.82) is 0 Å². The molecule has 0 amide bonds. The third kappa shape index (κ3) is 4.89. The molecule has 0 saturated carbocycles. The fourth-order valence-electron chi connectivity index (χ4n) is 2.62. The van der Waals surface area contributed by atoms with E-state index in [9.17, 15) is 0 Å². The maximum Gasteiger partial charge on any atom is -0.0386 e. The van der Waals surface area contributed by atoms with Gasteiger partial charge in [0, 0.05) is 0 Å². The van der Waals surface area contributed by atoms with Crippen molar-refractivity contribution in [3.05, 3.63) is 0 Å². The summed E-state index contributed by atoms with van der Waals surface area (Å²) in [6.45, 7) is 19.2. The molecule has 16 heavy (non-hydrogen) atoms. The van der Waals surface area contributed by atoms with Crippen LogP contribution in [0, 0.1) is 35.5 Å². The molecule has 0 radical (unpaired) electrons. The van der Waals surface area contributed by atoms with Crippen LogP contribution in [0.25, 0.3) is 0 Å². The van der Waals surface area contributed by atoms with Crippen LogP contribution in [-0.2, 0) is 0 Å². The zero-order valence-electron chi connectivity index (χ0n) is 12.9. The molecule has 0 N–H and O–H groups in total. The van der Waals surface area contributed by atoms with E-state index in [0.29, 0.717) is 0 Å². The molecule has 0 aromatic heterocycles. The molecule has 0 bridgehead atoms. The molecule has 0 heterocycles. The predicted molar refractivity (Wildman–Crippen MR) is 75.6 cm³/mol. The lowest BCUT2D eigenvalue weighted by molar-refractivity contribution is 0.160. The van der Waals surface area contributed by atoms with Crippen LogP contribution < -0.4 is 0 Å². The van der Waals surface area contributed by atoms with Gasteiger partial charge in [0.2, 0.25) is 0 Å². The molecular weight excluding hydrogens is 192 g/mol. The number of hydrogen-bond acceptors (Lipinski definition) is 0. The van der Waals surface area contributed by atoms with Gasteiger partial charge in [-0.05, 0) is 41.9 Å². The van der Waals surface area contributed by atoms with E-state index in [4.69, 9.17) is 0 Å². The summed E-state index contributed by atoms with van der Waals surface area (Å²) in [6, 6.07) is 0. The van der Waals surface area contributed by atoms with Crippen LogP contribution in [0.1, 0.15) is 68.2 Å². The second-order valence-electron chi connectivity index (χ2n) is 6.55. The summed E-state index contributed by atoms with van der Waals surface area (Å²) in [4.78, 5) is 0. The Morgan fingerprint density at radius 2 is 1.19 bits per heavy atom. The zero-order chi connectivity index (χ0) is 12.9. The standard InChI is InChI=1S/C16H34/c1-9-12(4)10-13(5)15(7)16(8)14(6)11(2)3/h11-16H,9-10H2,1-8H3. The first-order valence-electron chi connectivity index (χ1n) is 7.31. The smallest absolute Gasteiger partial charge is 0.0386 e. The van der Waals surface area contributed by atoms with Gasteiger partial charge in [0.25, 0.3) is 0 Å². The Hall–Kier alpha value is 0. The van der Waals surface area contributed by atoms with Crippen LogP contribution in [0.2, 0.25) is 0 Å². The molecule has 0 fully saturated rings. The topological polar surface area (TPSA) is 0 Å². The van der Waals surface area contributed by atoms with Crippen molar-refractivity contribution in [2.75, 3.05) is 0 Å². The molecule has 0 aliphatic heterocycles. The van der Waals surface area contributed by atoms with Crippen molar-refractivity contribution in [2.45, 2.75) is 68.2 Å². The molecule has 98 valence electrons. The highest BCUT2D eigenvalue weighted by atomic mass is 14.3. The quantitative estimate of drug-likeness (QED) is 0.528. The molecule has 0 saturated heterocycles. The van der Waals surface area contributed by atoms with Crippen molar-refractivity contribution >= 4 is 0 Å². The lowest BCUT2D eigenvalue weighted by Gasteiger charge is -2.33. The molecule has 0 rings (SSSR count). The third-order valence-corrected chi connectivity index (χ3v) is 5.08. The fourth-order valence-corrected chi connectivity index (χ4v) is 2.62. The summed E-state index contributed by atoms with van der Waals surface area (Å²) >= 11 is 0. The maximum atomic E-state index is 2.45. The largest absolute Gasteiger partial charge is 0.0651 e. The highest BCUT2D eigenvalue weighted by molar-refractivity contribution is 4.75. The van der Waals surface area contributed by atoms with E-state index in [2.05, 4.69) is 55.4 Å². The van der Waals surface area contributed by atoms with Gasteiger partial charge in [-0.3, -0.25) is 0 Å². The van der Waals surface area contributed by atoms with Gasteiger partial charge in [-0.2, -0.15) is 0 Å². The van der Waals surface area contributed by atoms with Gasteiger partial charge in [-0.1, -0.05) is 61.8 Å². The van der Waals surface area contributed by atoms with Crippen molar-refractivity contribution in [3.8, 4) is 0 Å². The maximum absolute atomic E-state index is 2.45. The summed E-state index contributed by atoms with van der Waals surface area (Å²) in [5.74, 6) is 5.11. The van der Waals surface area contributed by atoms with Crippen molar-refractivity contribution < 1.29 is 0 Å². The van der Waals surface area contributed by atoms with Crippen LogP contribution in [0.5, 0.6) is 0 Å². The Labute approximate surface area is 104 Å². The average molecular weight is 226 g/mol. The highest BCUT2D eigenvalue weighted by Crippen LogP contribution is 2.33. The Morgan fingerprint density at radius 3 is 1.56 bits per heavy atom. The fraction of sp³-hybridized carbons (Fsp3) is 1.00. The SMILES string of the molecule is CCC(C)CC(C)C(C)C(C)C(C)C(C)C. The van der Waals surface area contributed by atoms with Gasteiger partial charge in [-0.25, -0.2) is 0 Å². The second-order valence-corrected chi connectivity index (χ2v) is 6.55. The number of rotatable bonds is 7. The van der Waals surface area contributed by atoms with E-state index in [1.807, 2.05) is 0 Å². The highest BCUT2D eigenvalue weighted by Gasteiger charge is 2.25. The molecule has 5 atom stereocenters.